The third-order valence-corrected chi connectivity index (χ3v) is 6.60. The second-order valence-corrected chi connectivity index (χ2v) is 10.4. The summed E-state index contributed by atoms with van der Waals surface area (Å²) in [5.41, 5.74) is 0. The van der Waals surface area contributed by atoms with Gasteiger partial charge >= 0.3 is 11.9 Å². The number of esters is 2. The topological polar surface area (TPSA) is 98.8 Å². The second-order valence-electron chi connectivity index (χ2n) is 10.4. The predicted octanol–water partition coefficient (Wildman–Crippen LogP) is 6.60. The minimum absolute atomic E-state index is 0.134. The lowest BCUT2D eigenvalue weighted by molar-refractivity contribution is -0.145. The van der Waals surface area contributed by atoms with Gasteiger partial charge in [0.25, 0.3) is 0 Å². The molecule has 0 aromatic rings. The minimum atomic E-state index is -0.457. The summed E-state index contributed by atoms with van der Waals surface area (Å²) < 4.78 is 37.0. The van der Waals surface area contributed by atoms with Gasteiger partial charge in [0.05, 0.1) is 66.1 Å². The van der Waals surface area contributed by atoms with E-state index >= 15 is 0 Å². The highest BCUT2D eigenvalue weighted by Crippen LogP contribution is 2.13. The van der Waals surface area contributed by atoms with Crippen molar-refractivity contribution in [3.8, 4) is 0 Å². The van der Waals surface area contributed by atoms with Gasteiger partial charge in [-0.2, -0.15) is 0 Å². The van der Waals surface area contributed by atoms with E-state index < -0.39 is 5.97 Å². The number of hydrogen-bond acceptors (Lipinski definition) is 9. The van der Waals surface area contributed by atoms with Gasteiger partial charge in [-0.1, -0.05) is 103 Å². The lowest BCUT2D eigenvalue weighted by Crippen LogP contribution is -2.15. The minimum Gasteiger partial charge on any atom is -0.463 e. The smallest absolute Gasteiger partial charge is 0.330 e. The van der Waals surface area contributed by atoms with E-state index in [1.165, 1.54) is 83.5 Å². The summed E-state index contributed by atoms with van der Waals surface area (Å²) in [7, 11) is 0. The summed E-state index contributed by atoms with van der Waals surface area (Å²) in [5.74, 6) is -0.591. The van der Waals surface area contributed by atoms with Crippen molar-refractivity contribution in [2.24, 2.45) is 0 Å². The number of carbonyl (C=O) groups is 2. The molecule has 0 heterocycles. The Hall–Kier alpha value is -1.52. The van der Waals surface area contributed by atoms with E-state index in [0.717, 1.165) is 18.9 Å². The van der Waals surface area contributed by atoms with Crippen LogP contribution in [-0.4, -0.2) is 91.2 Å². The molecule has 0 rings (SSSR count). The highest BCUT2D eigenvalue weighted by molar-refractivity contribution is 5.81. The summed E-state index contributed by atoms with van der Waals surface area (Å²) in [4.78, 5) is 22.7. The number of carbonyl (C=O) groups excluding carboxylic acids is 2. The van der Waals surface area contributed by atoms with Gasteiger partial charge in [-0.15, -0.1) is 0 Å². The van der Waals surface area contributed by atoms with Gasteiger partial charge in [-0.05, 0) is 6.42 Å². The molecule has 9 heteroatoms. The van der Waals surface area contributed by atoms with Crippen LogP contribution in [0.5, 0.6) is 0 Å². The summed E-state index contributed by atoms with van der Waals surface area (Å²) in [6.45, 7) is 10.5. The van der Waals surface area contributed by atoms with Gasteiger partial charge in [0.1, 0.15) is 13.2 Å². The molecule has 0 fully saturated rings. The molecular weight excluding hydrogens is 540 g/mol. The first-order valence-corrected chi connectivity index (χ1v) is 16.5. The van der Waals surface area contributed by atoms with Gasteiger partial charge in [0.2, 0.25) is 0 Å². The molecule has 0 amide bonds. The summed E-state index contributed by atoms with van der Waals surface area (Å²) in [6.07, 6.45) is 21.3. The van der Waals surface area contributed by atoms with Crippen LogP contribution in [0.2, 0.25) is 0 Å². The summed E-state index contributed by atoms with van der Waals surface area (Å²) in [5, 5.41) is 0. The molecule has 0 aliphatic heterocycles. The molecule has 0 atom stereocenters. The van der Waals surface area contributed by atoms with E-state index in [9.17, 15) is 9.59 Å². The Morgan fingerprint density at radius 3 is 1.12 bits per heavy atom. The Morgan fingerprint density at radius 1 is 0.452 bits per heavy atom. The Balaban J connectivity index is 3.16. The molecule has 0 aliphatic carbocycles. The number of unbranched alkanes of at least 4 members (excludes halogenated alkanes) is 14. The summed E-state index contributed by atoms with van der Waals surface area (Å²) >= 11 is 0. The van der Waals surface area contributed by atoms with E-state index in [1.54, 1.807) is 0 Å². The second kappa shape index (κ2) is 35.7. The van der Waals surface area contributed by atoms with Crippen molar-refractivity contribution in [2.45, 2.75) is 110 Å². The highest BCUT2D eigenvalue weighted by atomic mass is 16.6. The maximum atomic E-state index is 11.8. The van der Waals surface area contributed by atoms with Crippen LogP contribution in [0.15, 0.2) is 12.7 Å². The largest absolute Gasteiger partial charge is 0.463 e. The quantitative estimate of drug-likeness (QED) is 0.0451. The molecule has 0 aliphatic rings. The fraction of sp³-hybridized carbons (Fsp3) is 0.879. The Morgan fingerprint density at radius 2 is 0.762 bits per heavy atom. The van der Waals surface area contributed by atoms with Gasteiger partial charge < -0.3 is 33.2 Å². The zero-order valence-electron chi connectivity index (χ0n) is 26.8. The number of rotatable bonds is 35. The van der Waals surface area contributed by atoms with Gasteiger partial charge in [0.15, 0.2) is 0 Å². The third kappa shape index (κ3) is 34.7. The zero-order valence-corrected chi connectivity index (χ0v) is 26.8. The molecule has 0 spiro atoms. The Kier molecular flexibility index (Phi) is 34.4. The van der Waals surface area contributed by atoms with Gasteiger partial charge in [-0.25, -0.2) is 4.79 Å². The van der Waals surface area contributed by atoms with Gasteiger partial charge in [0, 0.05) is 12.5 Å². The molecule has 0 unspecified atom stereocenters. The molecule has 0 saturated heterocycles. The average molecular weight is 603 g/mol. The first-order chi connectivity index (χ1) is 20.7. The first kappa shape index (κ1) is 40.5. The van der Waals surface area contributed by atoms with Crippen molar-refractivity contribution in [1.29, 1.82) is 0 Å². The number of ether oxygens (including phenoxy) is 7. The van der Waals surface area contributed by atoms with Crippen molar-refractivity contribution in [2.75, 3.05) is 79.3 Å². The van der Waals surface area contributed by atoms with Crippen LogP contribution in [0.25, 0.3) is 0 Å². The SMILES string of the molecule is C=CC(=O)OCCOCCOCCOCCOCCOCCOC(=O)CCCCCCCCCCCCCCCCC. The molecule has 0 aromatic heterocycles. The average Bonchev–Trinajstić information content (AvgIpc) is 3.00. The molecule has 0 saturated carbocycles. The Bertz CT molecular complexity index is 586. The zero-order chi connectivity index (χ0) is 30.6. The van der Waals surface area contributed by atoms with Crippen molar-refractivity contribution in [3.05, 3.63) is 12.7 Å². The van der Waals surface area contributed by atoms with Crippen LogP contribution < -0.4 is 0 Å². The number of hydrogen-bond donors (Lipinski definition) is 0. The molecule has 248 valence electrons. The maximum absolute atomic E-state index is 11.8. The highest BCUT2D eigenvalue weighted by Gasteiger charge is 2.03. The van der Waals surface area contributed by atoms with E-state index in [1.807, 2.05) is 0 Å². The van der Waals surface area contributed by atoms with E-state index in [2.05, 4.69) is 13.5 Å². The van der Waals surface area contributed by atoms with Crippen LogP contribution in [0.1, 0.15) is 110 Å². The van der Waals surface area contributed by atoms with Crippen molar-refractivity contribution < 1.29 is 42.7 Å². The van der Waals surface area contributed by atoms with Crippen LogP contribution in [0.4, 0.5) is 0 Å². The fourth-order valence-corrected chi connectivity index (χ4v) is 4.17. The van der Waals surface area contributed by atoms with Crippen LogP contribution in [0, 0.1) is 0 Å². The standard InChI is InChI=1S/C33H62O9/c1-3-5-6-7-8-9-10-11-12-13-14-15-16-17-18-19-33(35)42-31-29-40-27-25-38-23-21-36-20-22-37-24-26-39-28-30-41-32(34)4-2/h4H,2-3,5-31H2,1H3. The van der Waals surface area contributed by atoms with Crippen molar-refractivity contribution in [3.63, 3.8) is 0 Å². The summed E-state index contributed by atoms with van der Waals surface area (Å²) in [6, 6.07) is 0. The molecule has 0 radical (unpaired) electrons. The molecule has 0 N–H and O–H groups in total. The normalized spacial score (nSPS) is 11.1. The van der Waals surface area contributed by atoms with Crippen molar-refractivity contribution in [1.82, 2.24) is 0 Å². The molecule has 0 bridgehead atoms. The third-order valence-electron chi connectivity index (χ3n) is 6.60. The van der Waals surface area contributed by atoms with Crippen LogP contribution in [-0.2, 0) is 42.7 Å². The maximum Gasteiger partial charge on any atom is 0.330 e. The fourth-order valence-electron chi connectivity index (χ4n) is 4.17. The predicted molar refractivity (Wildman–Crippen MR) is 166 cm³/mol. The lowest BCUT2D eigenvalue weighted by atomic mass is 10.0. The van der Waals surface area contributed by atoms with E-state index in [4.69, 9.17) is 33.2 Å². The van der Waals surface area contributed by atoms with Gasteiger partial charge in [-0.3, -0.25) is 4.79 Å². The molecular formula is C33H62O9. The van der Waals surface area contributed by atoms with Crippen LogP contribution >= 0.6 is 0 Å². The van der Waals surface area contributed by atoms with E-state index in [0.29, 0.717) is 72.5 Å². The van der Waals surface area contributed by atoms with Crippen molar-refractivity contribution >= 4 is 11.9 Å². The Labute approximate surface area is 256 Å². The van der Waals surface area contributed by atoms with E-state index in [-0.39, 0.29) is 19.2 Å². The molecule has 0 aromatic carbocycles. The monoisotopic (exact) mass is 602 g/mol. The first-order valence-electron chi connectivity index (χ1n) is 16.5. The molecule has 9 nitrogen and oxygen atoms in total. The molecule has 42 heavy (non-hydrogen) atoms. The lowest BCUT2D eigenvalue weighted by Gasteiger charge is -2.08. The van der Waals surface area contributed by atoms with Crippen LogP contribution in [0.3, 0.4) is 0 Å².